The van der Waals surface area contributed by atoms with Gasteiger partial charge < -0.3 is 39.1 Å². The van der Waals surface area contributed by atoms with Crippen molar-refractivity contribution in [1.82, 2.24) is 14.8 Å². The van der Waals surface area contributed by atoms with Crippen LogP contribution in [0.15, 0.2) is 51.9 Å². The zero-order valence-corrected chi connectivity index (χ0v) is 29.7. The molecule has 1 N–H and O–H groups in total. The second kappa shape index (κ2) is 13.7. The van der Waals surface area contributed by atoms with E-state index in [9.17, 15) is 34.2 Å². The van der Waals surface area contributed by atoms with E-state index in [4.69, 9.17) is 0 Å². The molecule has 242 valence electrons. The Hall–Kier alpha value is -3.21. The molecular formula is C31H31FN5NaO7S2. The van der Waals surface area contributed by atoms with Crippen LogP contribution in [-0.4, -0.2) is 94.6 Å². The molecule has 3 aliphatic rings. The van der Waals surface area contributed by atoms with Crippen LogP contribution in [0.3, 0.4) is 0 Å². The third-order valence-corrected chi connectivity index (χ3v) is 11.1. The van der Waals surface area contributed by atoms with E-state index in [-0.39, 0.29) is 58.7 Å². The minimum atomic E-state index is -1.62. The van der Waals surface area contributed by atoms with Gasteiger partial charge >= 0.3 is 29.6 Å². The molecule has 2 atom stereocenters. The first-order chi connectivity index (χ1) is 21.9. The van der Waals surface area contributed by atoms with Gasteiger partial charge in [-0.25, -0.2) is 4.39 Å². The van der Waals surface area contributed by atoms with Crippen LogP contribution in [0.2, 0.25) is 0 Å². The number of amides is 2. The van der Waals surface area contributed by atoms with Crippen LogP contribution in [0.4, 0.5) is 10.1 Å². The van der Waals surface area contributed by atoms with Crippen molar-refractivity contribution < 1.29 is 67.8 Å². The van der Waals surface area contributed by atoms with Crippen molar-refractivity contribution in [3.8, 4) is 0 Å². The molecule has 1 aromatic carbocycles. The second-order valence-electron chi connectivity index (χ2n) is 11.9. The second-order valence-corrected chi connectivity index (χ2v) is 14.1. The molecule has 0 spiro atoms. The first kappa shape index (κ1) is 35.1. The number of aryl methyl sites for hydroxylation is 1. The van der Waals surface area contributed by atoms with Crippen molar-refractivity contribution in [1.29, 1.82) is 0 Å². The monoisotopic (exact) mass is 691 g/mol. The maximum Gasteiger partial charge on any atom is 1.00 e. The number of nitrogens with zero attached hydrogens (tertiary/aromatic N) is 4. The molecule has 0 saturated carbocycles. The molecule has 0 aliphatic carbocycles. The van der Waals surface area contributed by atoms with E-state index in [1.807, 2.05) is 29.5 Å². The number of piperazine rings is 1. The number of hydrogen-bond acceptors (Lipinski definition) is 10. The summed E-state index contributed by atoms with van der Waals surface area (Å²) >= 11 is 2.85. The predicted molar refractivity (Wildman–Crippen MR) is 166 cm³/mol. The van der Waals surface area contributed by atoms with Crippen LogP contribution in [0.1, 0.15) is 22.2 Å². The Morgan fingerprint density at radius 2 is 1.85 bits per heavy atom. The average Bonchev–Trinajstić information content (AvgIpc) is 3.53. The molecule has 2 fully saturated rings. The molecule has 12 nitrogen and oxygen atoms in total. The normalized spacial score (nSPS) is 20.4. The number of carbonyl (C=O) groups is 4. The van der Waals surface area contributed by atoms with Crippen LogP contribution in [0.25, 0.3) is 10.9 Å². The molecule has 16 heteroatoms. The Morgan fingerprint density at radius 3 is 2.47 bits per heavy atom. The summed E-state index contributed by atoms with van der Waals surface area (Å²) < 4.78 is 17.4. The number of aliphatic carboxylic acids is 1. The van der Waals surface area contributed by atoms with Crippen LogP contribution in [-0.2, 0) is 27.3 Å². The number of likely N-dealkylation sites (N-methyl/N-ethyl adjacent to an activating group) is 1. The van der Waals surface area contributed by atoms with Crippen molar-refractivity contribution in [3.05, 3.63) is 73.6 Å². The molecule has 2 aromatic heterocycles. The summed E-state index contributed by atoms with van der Waals surface area (Å²) in [6, 6.07) is 5.50. The number of thiophene rings is 1. The van der Waals surface area contributed by atoms with E-state index < -0.39 is 46.1 Å². The number of carboxylic acid groups (broad SMARTS) is 2. The SMILES string of the molecule is CCn1cc(C(=O)[O-])c(=O)c2cc(F)c(N3CC[N+](C)(CC4=C(C(=O)[O-])N5C(=O)C(NC(=O)Cc6cccs6)C5SC4)CC3)cc21.[Na+]. The average molecular weight is 692 g/mol. The maximum absolute atomic E-state index is 15.4. The number of thioether (sulfide) groups is 1. The van der Waals surface area contributed by atoms with E-state index in [2.05, 4.69) is 5.32 Å². The Morgan fingerprint density at radius 1 is 1.13 bits per heavy atom. The van der Waals surface area contributed by atoms with Crippen LogP contribution in [0.5, 0.6) is 0 Å². The van der Waals surface area contributed by atoms with Gasteiger partial charge in [-0.3, -0.25) is 19.3 Å². The topological polar surface area (TPSA) is 155 Å². The smallest absolute Gasteiger partial charge is 0.545 e. The van der Waals surface area contributed by atoms with Gasteiger partial charge in [-0.2, -0.15) is 0 Å². The number of hydrogen-bond donors (Lipinski definition) is 1. The van der Waals surface area contributed by atoms with Crippen molar-refractivity contribution in [2.24, 2.45) is 0 Å². The molecule has 47 heavy (non-hydrogen) atoms. The molecule has 3 aromatic rings. The molecule has 2 amide bonds. The number of halogens is 1. The summed E-state index contributed by atoms with van der Waals surface area (Å²) in [5.41, 5.74) is -0.209. The standard InChI is InChI=1S/C31H32FN5O7S2.Na/c1-3-34-14-20(30(41)42)27(39)19-12-21(32)23(13-22(19)34)35-6-8-37(2,9-7-35)15-17-16-46-29-25(28(40)36(29)26(17)31(43)44)33-24(38)11-18-5-4-10-45-18;/h4-5,10,12-14,25,29H,3,6-9,11,15-16H2,1-2H3,(H2-,33,38,41,42,43,44);/q;+1/p-1. The number of carboxylic acids is 2. The Balaban J connectivity index is 0.00000433. The van der Waals surface area contributed by atoms with Gasteiger partial charge in [-0.1, -0.05) is 6.07 Å². The van der Waals surface area contributed by atoms with Crippen LogP contribution >= 0.6 is 23.1 Å². The van der Waals surface area contributed by atoms with Gasteiger partial charge in [0.05, 0.1) is 74.1 Å². The molecule has 6 rings (SSSR count). The fourth-order valence-corrected chi connectivity index (χ4v) is 8.48. The van der Waals surface area contributed by atoms with Crippen molar-refractivity contribution >= 4 is 63.4 Å². The Labute approximate surface area is 299 Å². The number of benzene rings is 1. The Bertz CT molecular complexity index is 1860. The first-order valence-electron chi connectivity index (χ1n) is 14.8. The minimum absolute atomic E-state index is 0. The van der Waals surface area contributed by atoms with Gasteiger partial charge in [0.1, 0.15) is 23.8 Å². The third-order valence-electron chi connectivity index (χ3n) is 8.91. The number of anilines is 1. The molecule has 2 saturated heterocycles. The number of fused-ring (bicyclic) bond motifs is 2. The van der Waals surface area contributed by atoms with E-state index in [1.165, 1.54) is 34.2 Å². The minimum Gasteiger partial charge on any atom is -0.545 e. The Kier molecular flexibility index (Phi) is 10.3. The van der Waals surface area contributed by atoms with E-state index in [1.54, 1.807) is 17.6 Å². The van der Waals surface area contributed by atoms with Gasteiger partial charge in [-0.15, -0.1) is 23.1 Å². The number of rotatable bonds is 9. The fourth-order valence-electron chi connectivity index (χ4n) is 6.45. The van der Waals surface area contributed by atoms with E-state index in [0.29, 0.717) is 60.6 Å². The molecular weight excluding hydrogens is 660 g/mol. The van der Waals surface area contributed by atoms with Gasteiger partial charge in [-0.05, 0) is 30.5 Å². The largest absolute Gasteiger partial charge is 1.00 e. The summed E-state index contributed by atoms with van der Waals surface area (Å²) in [6.07, 6.45) is 1.36. The number of aromatic nitrogens is 1. The number of aromatic carboxylic acids is 1. The van der Waals surface area contributed by atoms with Crippen LogP contribution < -0.4 is 55.4 Å². The summed E-state index contributed by atoms with van der Waals surface area (Å²) in [5, 5.41) is 27.8. The van der Waals surface area contributed by atoms with Gasteiger partial charge in [0.15, 0.2) is 5.43 Å². The molecule has 0 bridgehead atoms. The van der Waals surface area contributed by atoms with E-state index >= 15 is 4.39 Å². The fraction of sp³-hybridized carbons (Fsp3) is 0.387. The molecule has 3 aliphatic heterocycles. The van der Waals surface area contributed by atoms with Crippen molar-refractivity contribution in [2.45, 2.75) is 31.3 Å². The third kappa shape index (κ3) is 6.61. The zero-order valence-electron chi connectivity index (χ0n) is 26.1. The first-order valence-corrected chi connectivity index (χ1v) is 16.7. The van der Waals surface area contributed by atoms with Crippen molar-refractivity contribution in [2.75, 3.05) is 50.4 Å². The predicted octanol–water partition coefficient (Wildman–Crippen LogP) is -3.50. The summed E-state index contributed by atoms with van der Waals surface area (Å²) in [5.74, 6) is -4.14. The van der Waals surface area contributed by atoms with Gasteiger partial charge in [0, 0.05) is 34.3 Å². The summed E-state index contributed by atoms with van der Waals surface area (Å²) in [4.78, 5) is 66.0. The summed E-state index contributed by atoms with van der Waals surface area (Å²) in [6.45, 7) is 4.41. The maximum atomic E-state index is 15.4. The number of quaternary nitrogens is 1. The number of nitrogens with one attached hydrogen (secondary N) is 1. The molecule has 5 heterocycles. The summed E-state index contributed by atoms with van der Waals surface area (Å²) in [7, 11) is 1.98. The number of β-lactam (4-membered cyclic amide) rings is 1. The van der Waals surface area contributed by atoms with Crippen molar-refractivity contribution in [3.63, 3.8) is 0 Å². The van der Waals surface area contributed by atoms with Gasteiger partial charge in [0.2, 0.25) is 5.91 Å². The number of carbonyl (C=O) groups excluding carboxylic acids is 4. The van der Waals surface area contributed by atoms with E-state index in [0.717, 1.165) is 10.9 Å². The quantitative estimate of drug-likeness (QED) is 0.137. The van der Waals surface area contributed by atoms with Crippen LogP contribution in [0, 0.1) is 5.82 Å². The molecule has 0 radical (unpaired) electrons. The molecule has 2 unspecified atom stereocenters. The zero-order chi connectivity index (χ0) is 32.9. The van der Waals surface area contributed by atoms with Gasteiger partial charge in [0.25, 0.3) is 5.91 Å². The number of pyridine rings is 1.